The molecule has 0 heterocycles. The van der Waals surface area contributed by atoms with E-state index in [1.54, 1.807) is 20.8 Å². The second-order valence-corrected chi connectivity index (χ2v) is 26.3. The number of benzene rings is 1. The Bertz CT molecular complexity index is 1020. The van der Waals surface area contributed by atoms with Gasteiger partial charge in [0, 0.05) is 6.42 Å². The van der Waals surface area contributed by atoms with Crippen LogP contribution in [0.2, 0.25) is 14.8 Å². The molecule has 0 aliphatic rings. The minimum Gasteiger partial charge on any atom is -0.481 e. The normalized spacial score (nSPS) is 13.1. The number of ether oxygens (including phenoxy) is 1. The monoisotopic (exact) mass is 671 g/mol. The van der Waals surface area contributed by atoms with Crippen molar-refractivity contribution in [1.29, 1.82) is 0 Å². The first-order valence-electron chi connectivity index (χ1n) is 13.6. The molecule has 0 saturated carbocycles. The van der Waals surface area contributed by atoms with Crippen molar-refractivity contribution in [2.24, 2.45) is 0 Å². The van der Waals surface area contributed by atoms with Gasteiger partial charge in [-0.05, 0) is 27.2 Å². The Morgan fingerprint density at radius 2 is 1.48 bits per heavy atom. The van der Waals surface area contributed by atoms with E-state index in [2.05, 4.69) is 55.0 Å². The number of amides is 3. The van der Waals surface area contributed by atoms with Crippen molar-refractivity contribution in [3.8, 4) is 0 Å². The molecule has 0 fully saturated rings. The first kappa shape index (κ1) is 35.2. The van der Waals surface area contributed by atoms with Crippen molar-refractivity contribution in [2.75, 3.05) is 6.54 Å². The van der Waals surface area contributed by atoms with Crippen LogP contribution in [0.4, 0.5) is 4.79 Å². The van der Waals surface area contributed by atoms with Crippen LogP contribution in [0.3, 0.4) is 0 Å². The summed E-state index contributed by atoms with van der Waals surface area (Å²) in [5.74, 6) is -3.39. The van der Waals surface area contributed by atoms with Gasteiger partial charge in [-0.3, -0.25) is 4.79 Å². The standard InChI is InChI=1S/C25H36N3O8.3CH3.Sn/c1-25(2,3)36-23(34)19(28-24(35)27-18(22(32)33)14-15-21(30)31)12-8-16-26-20(29)13-7-11-17-9-5-4-6-10-17;;;;/h5-6,9-10,18-19H,7-8,11-16H2,1-3H3,(H,26,29)(H,30,31)(H,32,33)(H2,27,28,35);3*1H3;/t18-,19-;;;;/m0..../s1. The van der Waals surface area contributed by atoms with Crippen LogP contribution in [-0.4, -0.2) is 82.7 Å². The summed E-state index contributed by atoms with van der Waals surface area (Å²) < 4.78 is 6.84. The number of carboxylic acids is 2. The number of carbonyl (C=O) groups is 5. The molecule has 0 saturated heterocycles. The van der Waals surface area contributed by atoms with Crippen molar-refractivity contribution >= 4 is 51.8 Å². The Labute approximate surface area is 240 Å². The Morgan fingerprint density at radius 3 is 2.00 bits per heavy atom. The summed E-state index contributed by atoms with van der Waals surface area (Å²) in [6.45, 7) is 5.31. The zero-order valence-electron chi connectivity index (χ0n) is 24.5. The Hall–Kier alpha value is -2.83. The molecule has 0 unspecified atom stereocenters. The van der Waals surface area contributed by atoms with Crippen molar-refractivity contribution in [1.82, 2.24) is 16.0 Å². The predicted octanol–water partition coefficient (Wildman–Crippen LogP) is 2.78. The second kappa shape index (κ2) is 16.4. The smallest absolute Gasteiger partial charge is 0.326 e. The van der Waals surface area contributed by atoms with Gasteiger partial charge in [0.2, 0.25) is 0 Å². The fourth-order valence-corrected chi connectivity index (χ4v) is 7.08. The van der Waals surface area contributed by atoms with Crippen molar-refractivity contribution in [2.45, 2.75) is 98.2 Å². The molecule has 0 aliphatic heterocycles. The van der Waals surface area contributed by atoms with Crippen molar-refractivity contribution < 1.29 is 38.9 Å². The van der Waals surface area contributed by atoms with Crippen molar-refractivity contribution in [3.63, 3.8) is 0 Å². The van der Waals surface area contributed by atoms with Gasteiger partial charge < -0.3 is 25.6 Å². The first-order chi connectivity index (χ1) is 18.5. The number of nitrogens with one attached hydrogen (secondary N) is 3. The number of aryl methyl sites for hydroxylation is 1. The van der Waals surface area contributed by atoms with Gasteiger partial charge in [-0.2, -0.15) is 0 Å². The van der Waals surface area contributed by atoms with Gasteiger partial charge in [0.25, 0.3) is 0 Å². The predicted molar refractivity (Wildman–Crippen MR) is 154 cm³/mol. The number of carbonyl (C=O) groups excluding carboxylic acids is 3. The number of rotatable bonds is 16. The Kier molecular flexibility index (Phi) is 14.5. The molecule has 3 amide bonds. The summed E-state index contributed by atoms with van der Waals surface area (Å²) in [7, 11) is 0. The van der Waals surface area contributed by atoms with Crippen LogP contribution in [0.1, 0.15) is 64.9 Å². The molecule has 12 heteroatoms. The van der Waals surface area contributed by atoms with Gasteiger partial charge in [-0.15, -0.1) is 0 Å². The van der Waals surface area contributed by atoms with Crippen LogP contribution < -0.4 is 19.5 Å². The maximum absolute atomic E-state index is 12.7. The second-order valence-electron chi connectivity index (χ2n) is 11.8. The number of hydrogen-bond acceptors (Lipinski definition) is 6. The molecule has 0 bridgehead atoms. The third kappa shape index (κ3) is 15.1. The minimum atomic E-state index is -2.07. The summed E-state index contributed by atoms with van der Waals surface area (Å²) in [6.07, 6.45) is 1.61. The van der Waals surface area contributed by atoms with Gasteiger partial charge in [0.15, 0.2) is 0 Å². The number of esters is 1. The molecule has 1 aromatic carbocycles. The van der Waals surface area contributed by atoms with Crippen LogP contribution in [-0.2, 0) is 30.3 Å². The van der Waals surface area contributed by atoms with E-state index >= 15 is 0 Å². The van der Waals surface area contributed by atoms with Crippen LogP contribution in [0.25, 0.3) is 0 Å². The van der Waals surface area contributed by atoms with Crippen LogP contribution in [0, 0.1) is 0 Å². The molecule has 0 aliphatic carbocycles. The van der Waals surface area contributed by atoms with E-state index in [9.17, 15) is 29.1 Å². The van der Waals surface area contributed by atoms with E-state index in [1.807, 2.05) is 0 Å². The topological polar surface area (TPSA) is 171 Å². The number of urea groups is 1. The number of carboxylic acid groups (broad SMARTS) is 2. The molecule has 40 heavy (non-hydrogen) atoms. The molecule has 0 spiro atoms. The summed E-state index contributed by atoms with van der Waals surface area (Å²) in [6, 6.07) is 5.23. The summed E-state index contributed by atoms with van der Waals surface area (Å²) in [4.78, 5) is 66.6. The Balaban J connectivity index is 2.56. The van der Waals surface area contributed by atoms with Crippen LogP contribution in [0.15, 0.2) is 24.3 Å². The van der Waals surface area contributed by atoms with Gasteiger partial charge >= 0.3 is 145 Å². The van der Waals surface area contributed by atoms with Crippen LogP contribution >= 0.6 is 0 Å². The minimum absolute atomic E-state index is 0.107. The largest absolute Gasteiger partial charge is 0.481 e. The SMILES string of the molecule is CC(C)(C)OC(=O)[C@H](CCCNC(=O)CCCc1cc[c]([Sn]([CH3])([CH3])[CH3])cc1)NC(=O)N[C@@H](CCC(=O)O)C(=O)O. The van der Waals surface area contributed by atoms with E-state index in [0.29, 0.717) is 19.3 Å². The molecule has 11 nitrogen and oxygen atoms in total. The van der Waals surface area contributed by atoms with Gasteiger partial charge in [-0.25, -0.2) is 14.4 Å². The fourth-order valence-electron chi connectivity index (χ4n) is 3.75. The van der Waals surface area contributed by atoms with Crippen LogP contribution in [0.5, 0.6) is 0 Å². The third-order valence-electron chi connectivity index (χ3n) is 5.93. The molecule has 0 radical (unpaired) electrons. The third-order valence-corrected chi connectivity index (χ3v) is 11.8. The molecule has 2 atom stereocenters. The van der Waals surface area contributed by atoms with Gasteiger partial charge in [0.1, 0.15) is 17.7 Å². The van der Waals surface area contributed by atoms with E-state index in [1.165, 1.54) is 9.14 Å². The Morgan fingerprint density at radius 1 is 0.875 bits per heavy atom. The summed E-state index contributed by atoms with van der Waals surface area (Å²) in [5.41, 5.74) is 0.382. The van der Waals surface area contributed by atoms with Crippen molar-refractivity contribution in [3.05, 3.63) is 29.8 Å². The summed E-state index contributed by atoms with van der Waals surface area (Å²) >= 11 is -2.07. The van der Waals surface area contributed by atoms with E-state index in [0.717, 1.165) is 6.42 Å². The maximum Gasteiger partial charge on any atom is 0.326 e. The maximum atomic E-state index is 12.7. The molecule has 1 rings (SSSR count). The average molecular weight is 670 g/mol. The first-order valence-corrected chi connectivity index (χ1v) is 23.6. The summed E-state index contributed by atoms with van der Waals surface area (Å²) in [5, 5.41) is 25.5. The fraction of sp³-hybridized carbons (Fsp3) is 0.607. The zero-order chi connectivity index (χ0) is 30.5. The average Bonchev–Trinajstić information content (AvgIpc) is 2.82. The molecular formula is C28H45N3O8Sn. The molecule has 224 valence electrons. The van der Waals surface area contributed by atoms with Gasteiger partial charge in [0.05, 0.1) is 0 Å². The quantitative estimate of drug-likeness (QED) is 0.102. The molecular weight excluding hydrogens is 625 g/mol. The number of aliphatic carboxylic acids is 2. The number of hydrogen-bond donors (Lipinski definition) is 5. The molecule has 5 N–H and O–H groups in total. The molecule has 0 aromatic heterocycles. The molecule has 1 aromatic rings. The van der Waals surface area contributed by atoms with Gasteiger partial charge in [-0.1, -0.05) is 0 Å². The van der Waals surface area contributed by atoms with E-state index < -0.39 is 66.4 Å². The zero-order valence-corrected chi connectivity index (χ0v) is 27.3. The van der Waals surface area contributed by atoms with E-state index in [-0.39, 0.29) is 25.3 Å². The van der Waals surface area contributed by atoms with E-state index in [4.69, 9.17) is 9.84 Å².